The summed E-state index contributed by atoms with van der Waals surface area (Å²) in [6.45, 7) is 3.10. The number of rotatable bonds is 10. The van der Waals surface area contributed by atoms with Crippen LogP contribution in [0.3, 0.4) is 0 Å². The van der Waals surface area contributed by atoms with Gasteiger partial charge in [-0.3, -0.25) is 9.79 Å². The first kappa shape index (κ1) is 15.7. The van der Waals surface area contributed by atoms with Crippen molar-refractivity contribution in [3.63, 3.8) is 0 Å². The van der Waals surface area contributed by atoms with Crippen molar-refractivity contribution in [2.75, 3.05) is 12.3 Å². The van der Waals surface area contributed by atoms with Crippen LogP contribution in [-0.4, -0.2) is 23.1 Å². The first-order valence-electron chi connectivity index (χ1n) is 7.55. The second-order valence-corrected chi connectivity index (χ2v) is 6.12. The molecular weight excluding hydrogens is 242 g/mol. The molecule has 3 heteroatoms. The van der Waals surface area contributed by atoms with E-state index in [-0.39, 0.29) is 5.78 Å². The molecule has 0 unspecified atom stereocenters. The zero-order valence-corrected chi connectivity index (χ0v) is 12.6. The zero-order chi connectivity index (χ0) is 13.1. The van der Waals surface area contributed by atoms with E-state index in [1.165, 1.54) is 44.9 Å². The van der Waals surface area contributed by atoms with Crippen LogP contribution in [0.4, 0.5) is 0 Å². The van der Waals surface area contributed by atoms with Crippen LogP contribution in [0.1, 0.15) is 71.1 Å². The third-order valence-corrected chi connectivity index (χ3v) is 4.42. The van der Waals surface area contributed by atoms with Gasteiger partial charge in [-0.25, -0.2) is 0 Å². The fourth-order valence-corrected chi connectivity index (χ4v) is 3.07. The Hall–Kier alpha value is -0.310. The quantitative estimate of drug-likeness (QED) is 0.541. The molecule has 0 aliphatic carbocycles. The number of Topliss-reactive ketones (excluding diaryl/α,β-unsaturated/α-hetero) is 1. The zero-order valence-electron chi connectivity index (χ0n) is 11.7. The number of carbonyl (C=O) groups is 1. The van der Waals surface area contributed by atoms with Crippen molar-refractivity contribution in [3.05, 3.63) is 0 Å². The van der Waals surface area contributed by atoms with E-state index in [0.29, 0.717) is 6.42 Å². The summed E-state index contributed by atoms with van der Waals surface area (Å²) in [7, 11) is 0. The minimum absolute atomic E-state index is 0.283. The Bertz CT molecular complexity index is 263. The maximum absolute atomic E-state index is 11.8. The topological polar surface area (TPSA) is 29.4 Å². The summed E-state index contributed by atoms with van der Waals surface area (Å²) in [6, 6.07) is 0. The summed E-state index contributed by atoms with van der Waals surface area (Å²) in [4.78, 5) is 16.1. The van der Waals surface area contributed by atoms with E-state index in [0.717, 1.165) is 30.2 Å². The monoisotopic (exact) mass is 269 g/mol. The number of aliphatic imine (C=N–C) groups is 1. The predicted octanol–water partition coefficient (Wildman–Crippen LogP) is 4.62. The SMILES string of the molecule is CCCCCCCCCCC(=O)C1=NCCCS1. The second-order valence-electron chi connectivity index (χ2n) is 5.04. The second kappa shape index (κ2) is 10.6. The van der Waals surface area contributed by atoms with Gasteiger partial charge < -0.3 is 0 Å². The highest BCUT2D eigenvalue weighted by molar-refractivity contribution is 8.15. The Morgan fingerprint density at radius 3 is 2.39 bits per heavy atom. The van der Waals surface area contributed by atoms with Crippen LogP contribution >= 0.6 is 11.8 Å². The molecule has 0 aromatic heterocycles. The molecule has 1 heterocycles. The van der Waals surface area contributed by atoms with Gasteiger partial charge >= 0.3 is 0 Å². The van der Waals surface area contributed by atoms with Crippen LogP contribution in [0.5, 0.6) is 0 Å². The molecule has 0 radical (unpaired) electrons. The highest BCUT2D eigenvalue weighted by Gasteiger charge is 2.13. The molecule has 1 aliphatic rings. The highest BCUT2D eigenvalue weighted by atomic mass is 32.2. The predicted molar refractivity (Wildman–Crippen MR) is 81.6 cm³/mol. The molecule has 1 rings (SSSR count). The molecule has 0 aromatic carbocycles. The molecule has 0 spiro atoms. The molecule has 0 bridgehead atoms. The molecular formula is C15H27NOS. The van der Waals surface area contributed by atoms with E-state index < -0.39 is 0 Å². The van der Waals surface area contributed by atoms with Gasteiger partial charge in [0.1, 0.15) is 5.04 Å². The lowest BCUT2D eigenvalue weighted by Crippen LogP contribution is -2.14. The minimum Gasteiger partial charge on any atom is -0.292 e. The third-order valence-electron chi connectivity index (χ3n) is 3.29. The van der Waals surface area contributed by atoms with Crippen molar-refractivity contribution in [3.8, 4) is 0 Å². The lowest BCUT2D eigenvalue weighted by Gasteiger charge is -2.09. The normalized spacial score (nSPS) is 15.5. The number of unbranched alkanes of at least 4 members (excludes halogenated alkanes) is 7. The Morgan fingerprint density at radius 1 is 1.11 bits per heavy atom. The standard InChI is InChI=1S/C15H27NOS/c1-2-3-4-5-6-7-8-9-11-14(17)15-16-12-10-13-18-15/h2-13H2,1H3. The number of ketones is 1. The Balaban J connectivity index is 1.94. The van der Waals surface area contributed by atoms with Gasteiger partial charge in [-0.15, -0.1) is 11.8 Å². The lowest BCUT2D eigenvalue weighted by molar-refractivity contribution is -0.112. The van der Waals surface area contributed by atoms with Crippen molar-refractivity contribution < 1.29 is 4.79 Å². The van der Waals surface area contributed by atoms with Gasteiger partial charge in [0.25, 0.3) is 0 Å². The van der Waals surface area contributed by atoms with Crippen LogP contribution in [-0.2, 0) is 4.79 Å². The van der Waals surface area contributed by atoms with Crippen molar-refractivity contribution >= 4 is 22.6 Å². The Kier molecular flexibility index (Phi) is 9.27. The van der Waals surface area contributed by atoms with E-state index in [1.54, 1.807) is 11.8 Å². The van der Waals surface area contributed by atoms with Crippen LogP contribution in [0.15, 0.2) is 4.99 Å². The average Bonchev–Trinajstić information content (AvgIpc) is 2.42. The third kappa shape index (κ3) is 7.20. The lowest BCUT2D eigenvalue weighted by atomic mass is 10.1. The fourth-order valence-electron chi connectivity index (χ4n) is 2.15. The summed E-state index contributed by atoms with van der Waals surface area (Å²) in [5.74, 6) is 1.35. The minimum atomic E-state index is 0.283. The van der Waals surface area contributed by atoms with Crippen LogP contribution < -0.4 is 0 Å². The van der Waals surface area contributed by atoms with Crippen molar-refractivity contribution in [1.82, 2.24) is 0 Å². The molecule has 0 saturated heterocycles. The summed E-state index contributed by atoms with van der Waals surface area (Å²) in [5, 5.41) is 0.796. The van der Waals surface area contributed by atoms with Gasteiger partial charge in [-0.1, -0.05) is 51.9 Å². The molecule has 0 amide bonds. The molecule has 0 fully saturated rings. The first-order valence-corrected chi connectivity index (χ1v) is 8.53. The van der Waals surface area contributed by atoms with Gasteiger partial charge in [0.15, 0.2) is 5.78 Å². The molecule has 0 atom stereocenters. The van der Waals surface area contributed by atoms with Crippen LogP contribution in [0.2, 0.25) is 0 Å². The summed E-state index contributed by atoms with van der Waals surface area (Å²) in [6.07, 6.45) is 12.1. The van der Waals surface area contributed by atoms with Crippen LogP contribution in [0.25, 0.3) is 0 Å². The number of carbonyl (C=O) groups excluding carboxylic acids is 1. The molecule has 0 N–H and O–H groups in total. The summed E-state index contributed by atoms with van der Waals surface area (Å²) in [5.41, 5.74) is 0. The number of hydrogen-bond donors (Lipinski definition) is 0. The Labute approximate surface area is 116 Å². The van der Waals surface area contributed by atoms with Crippen molar-refractivity contribution in [2.45, 2.75) is 71.1 Å². The van der Waals surface area contributed by atoms with Crippen molar-refractivity contribution in [1.29, 1.82) is 0 Å². The smallest absolute Gasteiger partial charge is 0.187 e. The van der Waals surface area contributed by atoms with Crippen molar-refractivity contribution in [2.24, 2.45) is 4.99 Å². The van der Waals surface area contributed by atoms with Gasteiger partial charge in [0, 0.05) is 18.7 Å². The molecule has 0 saturated carbocycles. The Morgan fingerprint density at radius 2 is 1.78 bits per heavy atom. The molecule has 1 aliphatic heterocycles. The largest absolute Gasteiger partial charge is 0.292 e. The van der Waals surface area contributed by atoms with Gasteiger partial charge in [0.05, 0.1) is 0 Å². The maximum Gasteiger partial charge on any atom is 0.187 e. The molecule has 0 aromatic rings. The van der Waals surface area contributed by atoms with E-state index in [9.17, 15) is 4.79 Å². The summed E-state index contributed by atoms with van der Waals surface area (Å²) < 4.78 is 0. The van der Waals surface area contributed by atoms with E-state index >= 15 is 0 Å². The van der Waals surface area contributed by atoms with E-state index in [4.69, 9.17) is 0 Å². The van der Waals surface area contributed by atoms with Gasteiger partial charge in [-0.05, 0) is 12.8 Å². The maximum atomic E-state index is 11.8. The van der Waals surface area contributed by atoms with Crippen LogP contribution in [0, 0.1) is 0 Å². The average molecular weight is 269 g/mol. The van der Waals surface area contributed by atoms with Gasteiger partial charge in [0.2, 0.25) is 0 Å². The van der Waals surface area contributed by atoms with Gasteiger partial charge in [-0.2, -0.15) is 0 Å². The molecule has 104 valence electrons. The van der Waals surface area contributed by atoms with E-state index in [1.807, 2.05) is 0 Å². The molecule has 2 nitrogen and oxygen atoms in total. The molecule has 18 heavy (non-hydrogen) atoms. The summed E-state index contributed by atoms with van der Waals surface area (Å²) >= 11 is 1.65. The number of hydrogen-bond acceptors (Lipinski definition) is 3. The first-order chi connectivity index (χ1) is 8.84. The number of thioether (sulfide) groups is 1. The number of nitrogens with zero attached hydrogens (tertiary/aromatic N) is 1. The van der Waals surface area contributed by atoms with E-state index in [2.05, 4.69) is 11.9 Å². The fraction of sp³-hybridized carbons (Fsp3) is 0.867. The highest BCUT2D eigenvalue weighted by Crippen LogP contribution is 2.16.